The molecule has 200 valence electrons. The summed E-state index contributed by atoms with van der Waals surface area (Å²) < 4.78 is 70.4. The maximum atomic E-state index is 15.0. The van der Waals surface area contributed by atoms with Gasteiger partial charge in [0.2, 0.25) is 5.43 Å². The van der Waals surface area contributed by atoms with Crippen LogP contribution in [0.1, 0.15) is 29.6 Å². The normalized spacial score (nSPS) is 23.4. The molecule has 3 atom stereocenters. The van der Waals surface area contributed by atoms with Gasteiger partial charge in [0, 0.05) is 31.3 Å². The number of rotatable bonds is 5. The van der Waals surface area contributed by atoms with Crippen LogP contribution in [0.2, 0.25) is 5.02 Å². The maximum absolute atomic E-state index is 15.0. The number of nitrogens with zero attached hydrogens (tertiary/aromatic N) is 3. The molecular formula is C25H20ClF5N4O3. The number of alkyl halides is 3. The highest BCUT2D eigenvalue weighted by Crippen LogP contribution is 2.50. The van der Waals surface area contributed by atoms with E-state index in [4.69, 9.17) is 11.6 Å². The highest BCUT2D eigenvalue weighted by Gasteiger charge is 2.59. The molecule has 3 aromatic rings. The average Bonchev–Trinajstić information content (AvgIpc) is 3.74. The van der Waals surface area contributed by atoms with E-state index in [1.807, 2.05) is 5.32 Å². The predicted octanol–water partition coefficient (Wildman–Crippen LogP) is 3.96. The van der Waals surface area contributed by atoms with Crippen LogP contribution in [0, 0.1) is 23.5 Å². The van der Waals surface area contributed by atoms with E-state index in [1.165, 1.54) is 12.1 Å². The number of aliphatic hydroxyl groups is 1. The smallest absolute Gasteiger partial charge is 0.388 e. The van der Waals surface area contributed by atoms with Crippen LogP contribution in [0.4, 0.5) is 27.8 Å². The van der Waals surface area contributed by atoms with Crippen molar-refractivity contribution < 1.29 is 31.9 Å². The standard InChI is InChI=1S/C25H20ClF5N4O3/c26-16-5-13(27)6-17(28)19(16)35-9-15(23(37)33-21(11-1-2-11)25(29,30)31)20(36)14-3-4-18(32-22(14)35)34-8-12-7-24(12,38)10-34/h3-6,9,11-12,21,38H,1-2,7-8,10H2,(H,33,37)/t12?,21-,24?/m1/s1. The molecule has 3 aliphatic rings. The van der Waals surface area contributed by atoms with Gasteiger partial charge in [-0.3, -0.25) is 14.2 Å². The lowest BCUT2D eigenvalue weighted by atomic mass is 10.1. The van der Waals surface area contributed by atoms with E-state index >= 15 is 4.39 Å². The number of carbonyl (C=O) groups is 1. The number of β-amino-alcohol motifs (C(OH)–C–C–N with tert-alkyl or cyclic N) is 1. The molecular weight excluding hydrogens is 535 g/mol. The lowest BCUT2D eigenvalue weighted by Gasteiger charge is -2.23. The third-order valence-corrected chi connectivity index (χ3v) is 7.75. The van der Waals surface area contributed by atoms with E-state index in [0.717, 1.165) is 16.8 Å². The third kappa shape index (κ3) is 4.19. The molecule has 2 aliphatic carbocycles. The van der Waals surface area contributed by atoms with E-state index < -0.39 is 63.0 Å². The molecule has 13 heteroatoms. The van der Waals surface area contributed by atoms with Crippen molar-refractivity contribution in [3.8, 4) is 5.69 Å². The second-order valence-electron chi connectivity index (χ2n) is 10.2. The fourth-order valence-electron chi connectivity index (χ4n) is 5.21. The minimum atomic E-state index is -4.73. The molecule has 0 spiro atoms. The summed E-state index contributed by atoms with van der Waals surface area (Å²) in [6.45, 7) is 0.804. The van der Waals surface area contributed by atoms with Crippen molar-refractivity contribution in [2.45, 2.75) is 37.1 Å². The van der Waals surface area contributed by atoms with Crippen molar-refractivity contribution in [2.75, 3.05) is 18.0 Å². The molecule has 1 aromatic carbocycles. The molecule has 2 N–H and O–H groups in total. The monoisotopic (exact) mass is 554 g/mol. The van der Waals surface area contributed by atoms with Gasteiger partial charge in [0.1, 0.15) is 28.9 Å². The summed E-state index contributed by atoms with van der Waals surface area (Å²) in [5.74, 6) is -3.77. The Balaban J connectivity index is 1.50. The Morgan fingerprint density at radius 3 is 2.58 bits per heavy atom. The topological polar surface area (TPSA) is 87.5 Å². The number of benzene rings is 1. The van der Waals surface area contributed by atoms with E-state index in [2.05, 4.69) is 4.98 Å². The summed E-state index contributed by atoms with van der Waals surface area (Å²) in [4.78, 5) is 32.5. The van der Waals surface area contributed by atoms with Gasteiger partial charge in [-0.25, -0.2) is 13.8 Å². The van der Waals surface area contributed by atoms with Gasteiger partial charge in [-0.15, -0.1) is 0 Å². The van der Waals surface area contributed by atoms with Crippen LogP contribution >= 0.6 is 11.6 Å². The van der Waals surface area contributed by atoms with Gasteiger partial charge in [-0.05, 0) is 43.4 Å². The first kappa shape index (κ1) is 25.1. The Labute approximate surface area is 216 Å². The first-order chi connectivity index (χ1) is 17.9. The first-order valence-corrected chi connectivity index (χ1v) is 12.3. The van der Waals surface area contributed by atoms with E-state index in [9.17, 15) is 32.3 Å². The zero-order valence-electron chi connectivity index (χ0n) is 19.5. The van der Waals surface area contributed by atoms with Gasteiger partial charge in [-0.1, -0.05) is 11.6 Å². The second-order valence-corrected chi connectivity index (χ2v) is 10.6. The first-order valence-electron chi connectivity index (χ1n) is 11.9. The fraction of sp³-hybridized carbons (Fsp3) is 0.400. The summed E-state index contributed by atoms with van der Waals surface area (Å²) in [5, 5.41) is 11.7. The van der Waals surface area contributed by atoms with Gasteiger partial charge in [0.15, 0.2) is 11.5 Å². The second kappa shape index (κ2) is 8.37. The van der Waals surface area contributed by atoms with Gasteiger partial charge >= 0.3 is 6.18 Å². The molecule has 38 heavy (non-hydrogen) atoms. The lowest BCUT2D eigenvalue weighted by molar-refractivity contribution is -0.158. The quantitative estimate of drug-likeness (QED) is 0.466. The molecule has 3 heterocycles. The molecule has 2 aromatic heterocycles. The predicted molar refractivity (Wildman–Crippen MR) is 128 cm³/mol. The number of halogens is 6. The molecule has 2 saturated carbocycles. The third-order valence-electron chi connectivity index (χ3n) is 7.47. The van der Waals surface area contributed by atoms with Crippen molar-refractivity contribution in [1.29, 1.82) is 0 Å². The molecule has 1 aliphatic heterocycles. The number of fused-ring (bicyclic) bond motifs is 2. The zero-order valence-corrected chi connectivity index (χ0v) is 20.3. The van der Waals surface area contributed by atoms with Crippen LogP contribution in [0.5, 0.6) is 0 Å². The van der Waals surface area contributed by atoms with E-state index in [-0.39, 0.29) is 29.8 Å². The Morgan fingerprint density at radius 2 is 1.97 bits per heavy atom. The van der Waals surface area contributed by atoms with Gasteiger partial charge in [0.05, 0.1) is 16.0 Å². The molecule has 3 fully saturated rings. The van der Waals surface area contributed by atoms with Gasteiger partial charge < -0.3 is 15.3 Å². The number of anilines is 1. The highest BCUT2D eigenvalue weighted by atomic mass is 35.5. The van der Waals surface area contributed by atoms with Gasteiger partial charge in [-0.2, -0.15) is 13.2 Å². The largest absolute Gasteiger partial charge is 0.408 e. The van der Waals surface area contributed by atoms with Gasteiger partial charge in [0.25, 0.3) is 5.91 Å². The number of aromatic nitrogens is 2. The number of nitrogens with one attached hydrogen (secondary N) is 1. The summed E-state index contributed by atoms with van der Waals surface area (Å²) in [7, 11) is 0. The number of piperidine rings is 1. The van der Waals surface area contributed by atoms with Crippen LogP contribution < -0.4 is 15.6 Å². The Kier molecular flexibility index (Phi) is 5.52. The summed E-state index contributed by atoms with van der Waals surface area (Å²) in [6, 6.07) is 2.04. The zero-order chi connectivity index (χ0) is 27.1. The number of amides is 1. The number of carbonyl (C=O) groups excluding carboxylic acids is 1. The van der Waals surface area contributed by atoms with Crippen molar-refractivity contribution in [3.05, 3.63) is 62.9 Å². The van der Waals surface area contributed by atoms with Crippen LogP contribution in [-0.4, -0.2) is 51.5 Å². The molecule has 2 unspecified atom stereocenters. The lowest BCUT2D eigenvalue weighted by Crippen LogP contribution is -2.48. The molecule has 0 bridgehead atoms. The molecule has 7 nitrogen and oxygen atoms in total. The van der Waals surface area contributed by atoms with Crippen molar-refractivity contribution >= 4 is 34.4 Å². The maximum Gasteiger partial charge on any atom is 0.408 e. The van der Waals surface area contributed by atoms with Crippen molar-refractivity contribution in [3.63, 3.8) is 0 Å². The van der Waals surface area contributed by atoms with Crippen LogP contribution in [0.3, 0.4) is 0 Å². The SMILES string of the molecule is O=C(N[C@H](C1CC1)C(F)(F)F)c1cn(-c2c(F)cc(F)cc2Cl)c2nc(N3CC4CC4(O)C3)ccc2c1=O. The van der Waals surface area contributed by atoms with E-state index in [1.54, 1.807) is 4.90 Å². The molecule has 1 amide bonds. The van der Waals surface area contributed by atoms with Crippen molar-refractivity contribution in [2.24, 2.45) is 11.8 Å². The molecule has 1 saturated heterocycles. The summed E-state index contributed by atoms with van der Waals surface area (Å²) in [6.07, 6.45) is -2.63. The molecule has 6 rings (SSSR count). The minimum Gasteiger partial charge on any atom is -0.388 e. The van der Waals surface area contributed by atoms with Crippen molar-refractivity contribution in [1.82, 2.24) is 14.9 Å². The van der Waals surface area contributed by atoms with Crippen LogP contribution in [0.25, 0.3) is 16.7 Å². The van der Waals surface area contributed by atoms with Crippen LogP contribution in [-0.2, 0) is 0 Å². The Bertz CT molecular complexity index is 1530. The number of hydrogen-bond acceptors (Lipinski definition) is 5. The molecule has 0 radical (unpaired) electrons. The number of pyridine rings is 2. The van der Waals surface area contributed by atoms with Crippen LogP contribution in [0.15, 0.2) is 35.3 Å². The van der Waals surface area contributed by atoms with E-state index in [0.29, 0.717) is 31.4 Å². The summed E-state index contributed by atoms with van der Waals surface area (Å²) in [5.41, 5.74) is -2.99. The summed E-state index contributed by atoms with van der Waals surface area (Å²) >= 11 is 6.15. The Hall–Kier alpha value is -3.25. The average molecular weight is 555 g/mol. The highest BCUT2D eigenvalue weighted by molar-refractivity contribution is 6.32. The number of hydrogen-bond donors (Lipinski definition) is 2. The Morgan fingerprint density at radius 1 is 1.24 bits per heavy atom. The minimum absolute atomic E-state index is 0.0743. The fourth-order valence-corrected chi connectivity index (χ4v) is 5.50.